The summed E-state index contributed by atoms with van der Waals surface area (Å²) in [6.45, 7) is 2.03. The molecule has 2 saturated carbocycles. The molecule has 2 aliphatic rings. The smallest absolute Gasteiger partial charge is 0.319 e. The first-order valence-electron chi connectivity index (χ1n) is 8.01. The topological polar surface area (TPSA) is 79.8 Å². The van der Waals surface area contributed by atoms with Crippen LogP contribution < -0.4 is 10.6 Å². The lowest BCUT2D eigenvalue weighted by Crippen LogP contribution is -2.33. The Bertz CT molecular complexity index is 706. The van der Waals surface area contributed by atoms with E-state index in [0.717, 1.165) is 28.6 Å². The van der Waals surface area contributed by atoms with E-state index in [-0.39, 0.29) is 12.1 Å². The third kappa shape index (κ3) is 3.50. The summed E-state index contributed by atoms with van der Waals surface area (Å²) in [5, 5.41) is 6.86. The standard InChI is InChI=1S/C16H19N5OS/c1-9-6-19-15(23-9)13(10-2-3-10)21-16(22)20-12-7-17-14(18-8-12)11-4-5-11/h6-8,10-11,13H,2-5H2,1H3,(H2,20,21,22)/t13-/m1/s1. The summed E-state index contributed by atoms with van der Waals surface area (Å²) in [5.74, 6) is 1.90. The molecule has 0 bridgehead atoms. The van der Waals surface area contributed by atoms with Gasteiger partial charge in [-0.15, -0.1) is 11.3 Å². The zero-order valence-electron chi connectivity index (χ0n) is 13.0. The number of nitrogens with zero attached hydrogens (tertiary/aromatic N) is 3. The Balaban J connectivity index is 1.39. The van der Waals surface area contributed by atoms with E-state index in [2.05, 4.69) is 25.6 Å². The number of aryl methyl sites for hydroxylation is 1. The van der Waals surface area contributed by atoms with Crippen LogP contribution in [0.15, 0.2) is 18.6 Å². The summed E-state index contributed by atoms with van der Waals surface area (Å²) in [6.07, 6.45) is 9.85. The SMILES string of the molecule is Cc1cnc([C@H](NC(=O)Nc2cnc(C3CC3)nc2)C2CC2)s1. The summed E-state index contributed by atoms with van der Waals surface area (Å²) in [4.78, 5) is 26.5. The summed E-state index contributed by atoms with van der Waals surface area (Å²) < 4.78 is 0. The Kier molecular flexibility index (Phi) is 3.72. The largest absolute Gasteiger partial charge is 0.328 e. The third-order valence-corrected chi connectivity index (χ3v) is 5.15. The molecule has 2 aliphatic carbocycles. The van der Waals surface area contributed by atoms with Gasteiger partial charge in [-0.05, 0) is 38.5 Å². The number of thiazole rings is 1. The molecule has 2 aromatic rings. The minimum Gasteiger partial charge on any atom is -0.328 e. The van der Waals surface area contributed by atoms with Crippen molar-refractivity contribution < 1.29 is 4.79 Å². The normalized spacial score (nSPS) is 18.5. The number of hydrogen-bond acceptors (Lipinski definition) is 5. The average Bonchev–Trinajstić information content (AvgIpc) is 3.44. The molecule has 4 rings (SSSR count). The van der Waals surface area contributed by atoms with Crippen molar-refractivity contribution in [3.05, 3.63) is 34.3 Å². The van der Waals surface area contributed by atoms with Gasteiger partial charge in [0.05, 0.1) is 24.1 Å². The van der Waals surface area contributed by atoms with Crippen molar-refractivity contribution in [2.75, 3.05) is 5.32 Å². The van der Waals surface area contributed by atoms with Crippen LogP contribution in [-0.2, 0) is 0 Å². The lowest BCUT2D eigenvalue weighted by Gasteiger charge is -2.16. The summed E-state index contributed by atoms with van der Waals surface area (Å²) >= 11 is 1.65. The molecule has 2 amide bonds. The lowest BCUT2D eigenvalue weighted by atomic mass is 10.2. The van der Waals surface area contributed by atoms with Crippen LogP contribution in [0.2, 0.25) is 0 Å². The molecule has 2 heterocycles. The third-order valence-electron chi connectivity index (χ3n) is 4.16. The molecule has 0 aliphatic heterocycles. The lowest BCUT2D eigenvalue weighted by molar-refractivity contribution is 0.247. The van der Waals surface area contributed by atoms with E-state index in [4.69, 9.17) is 0 Å². The van der Waals surface area contributed by atoms with Crippen LogP contribution in [0.3, 0.4) is 0 Å². The fourth-order valence-corrected chi connectivity index (χ4v) is 3.51. The van der Waals surface area contributed by atoms with Crippen molar-refractivity contribution in [1.82, 2.24) is 20.3 Å². The number of urea groups is 1. The Morgan fingerprint density at radius 3 is 2.48 bits per heavy atom. The van der Waals surface area contributed by atoms with Gasteiger partial charge in [0.15, 0.2) is 0 Å². The fourth-order valence-electron chi connectivity index (χ4n) is 2.59. The molecule has 2 N–H and O–H groups in total. The van der Waals surface area contributed by atoms with Crippen molar-refractivity contribution in [3.63, 3.8) is 0 Å². The molecule has 0 saturated heterocycles. The van der Waals surface area contributed by atoms with Crippen LogP contribution in [0.5, 0.6) is 0 Å². The van der Waals surface area contributed by atoms with Crippen molar-refractivity contribution in [3.8, 4) is 0 Å². The monoisotopic (exact) mass is 329 g/mol. The number of rotatable bonds is 5. The van der Waals surface area contributed by atoms with Crippen molar-refractivity contribution in [1.29, 1.82) is 0 Å². The van der Waals surface area contributed by atoms with E-state index < -0.39 is 0 Å². The predicted molar refractivity (Wildman–Crippen MR) is 88.5 cm³/mol. The van der Waals surface area contributed by atoms with Crippen molar-refractivity contribution in [2.45, 2.75) is 44.6 Å². The van der Waals surface area contributed by atoms with Crippen LogP contribution in [-0.4, -0.2) is 21.0 Å². The highest BCUT2D eigenvalue weighted by atomic mass is 32.1. The highest BCUT2D eigenvalue weighted by molar-refractivity contribution is 7.11. The second-order valence-corrected chi connectivity index (χ2v) is 7.59. The molecule has 23 heavy (non-hydrogen) atoms. The number of anilines is 1. The van der Waals surface area contributed by atoms with Gasteiger partial charge in [0, 0.05) is 17.0 Å². The molecule has 7 heteroatoms. The second kappa shape index (κ2) is 5.88. The molecular formula is C16H19N5OS. The molecule has 1 atom stereocenters. The first-order chi connectivity index (χ1) is 11.2. The highest BCUT2D eigenvalue weighted by Gasteiger charge is 2.35. The average molecular weight is 329 g/mol. The van der Waals surface area contributed by atoms with Crippen LogP contribution in [0.4, 0.5) is 10.5 Å². The molecule has 0 radical (unpaired) electrons. The maximum Gasteiger partial charge on any atom is 0.319 e. The first-order valence-corrected chi connectivity index (χ1v) is 8.82. The Morgan fingerprint density at radius 1 is 1.17 bits per heavy atom. The van der Waals surface area contributed by atoms with Gasteiger partial charge >= 0.3 is 6.03 Å². The van der Waals surface area contributed by atoms with Crippen LogP contribution in [0.25, 0.3) is 0 Å². The minimum atomic E-state index is -0.225. The zero-order valence-corrected chi connectivity index (χ0v) is 13.8. The summed E-state index contributed by atoms with van der Waals surface area (Å²) in [7, 11) is 0. The van der Waals surface area contributed by atoms with Gasteiger partial charge in [0.1, 0.15) is 10.8 Å². The van der Waals surface area contributed by atoms with E-state index in [0.29, 0.717) is 17.5 Å². The number of carbonyl (C=O) groups excluding carboxylic acids is 1. The first kappa shape index (κ1) is 14.6. The van der Waals surface area contributed by atoms with Crippen molar-refractivity contribution >= 4 is 23.1 Å². The molecule has 0 unspecified atom stereocenters. The van der Waals surface area contributed by atoms with E-state index in [1.807, 2.05) is 13.1 Å². The van der Waals surface area contributed by atoms with Gasteiger partial charge in [0.2, 0.25) is 0 Å². The fraction of sp³-hybridized carbons (Fsp3) is 0.500. The minimum absolute atomic E-state index is 0.000329. The molecule has 0 spiro atoms. The number of nitrogens with one attached hydrogen (secondary N) is 2. The van der Waals surface area contributed by atoms with Crippen LogP contribution >= 0.6 is 11.3 Å². The predicted octanol–water partition coefficient (Wildman–Crippen LogP) is 3.39. The second-order valence-electron chi connectivity index (χ2n) is 6.33. The van der Waals surface area contributed by atoms with Gasteiger partial charge in [0.25, 0.3) is 0 Å². The molecule has 0 aromatic carbocycles. The molecule has 120 valence electrons. The number of aromatic nitrogens is 3. The van der Waals surface area contributed by atoms with E-state index >= 15 is 0 Å². The van der Waals surface area contributed by atoms with Gasteiger partial charge < -0.3 is 10.6 Å². The highest BCUT2D eigenvalue weighted by Crippen LogP contribution is 2.42. The summed E-state index contributed by atoms with van der Waals surface area (Å²) in [5.41, 5.74) is 0.622. The van der Waals surface area contributed by atoms with Gasteiger partial charge in [-0.1, -0.05) is 0 Å². The van der Waals surface area contributed by atoms with Gasteiger partial charge in [-0.25, -0.2) is 19.7 Å². The van der Waals surface area contributed by atoms with Crippen LogP contribution in [0.1, 0.15) is 53.4 Å². The van der Waals surface area contributed by atoms with E-state index in [1.54, 1.807) is 23.7 Å². The zero-order chi connectivity index (χ0) is 15.8. The van der Waals surface area contributed by atoms with Gasteiger partial charge in [-0.3, -0.25) is 0 Å². The van der Waals surface area contributed by atoms with Crippen LogP contribution in [0, 0.1) is 12.8 Å². The molecular weight excluding hydrogens is 310 g/mol. The Labute approximate surface area is 138 Å². The van der Waals surface area contributed by atoms with Crippen molar-refractivity contribution in [2.24, 2.45) is 5.92 Å². The number of carbonyl (C=O) groups is 1. The summed E-state index contributed by atoms with van der Waals surface area (Å²) in [6, 6.07) is -0.224. The maximum absolute atomic E-state index is 12.3. The molecule has 6 nitrogen and oxygen atoms in total. The Hall–Kier alpha value is -2.02. The van der Waals surface area contributed by atoms with E-state index in [1.165, 1.54) is 12.8 Å². The Morgan fingerprint density at radius 2 is 1.91 bits per heavy atom. The number of hydrogen-bond donors (Lipinski definition) is 2. The number of amides is 2. The maximum atomic E-state index is 12.3. The van der Waals surface area contributed by atoms with E-state index in [9.17, 15) is 4.79 Å². The quantitative estimate of drug-likeness (QED) is 0.881. The molecule has 2 fully saturated rings. The van der Waals surface area contributed by atoms with Gasteiger partial charge in [-0.2, -0.15) is 0 Å². The molecule has 2 aromatic heterocycles.